The zero-order valence-electron chi connectivity index (χ0n) is 21.7. The number of aryl methyl sites for hydroxylation is 1. The van der Waals surface area contributed by atoms with E-state index in [4.69, 9.17) is 9.63 Å². The number of aliphatic hydroxyl groups is 1. The van der Waals surface area contributed by atoms with Crippen molar-refractivity contribution < 1.29 is 51.3 Å². The first-order valence-corrected chi connectivity index (χ1v) is 13.6. The Morgan fingerprint density at radius 2 is 1.95 bits per heavy atom. The first kappa shape index (κ1) is 29.5. The Morgan fingerprint density at radius 1 is 1.23 bits per heavy atom. The summed E-state index contributed by atoms with van der Waals surface area (Å²) in [5.41, 5.74) is 1.11. The summed E-state index contributed by atoms with van der Waals surface area (Å²) >= 11 is 0. The minimum absolute atomic E-state index is 0.0623. The molecule has 1 unspecified atom stereocenters. The quantitative estimate of drug-likeness (QED) is 0.238. The number of rotatable bonds is 8. The number of imidazole rings is 1. The summed E-state index contributed by atoms with van der Waals surface area (Å²) in [6, 6.07) is 6.28. The molecule has 3 aromatic rings. The van der Waals surface area contributed by atoms with Gasteiger partial charge in [0.2, 0.25) is 0 Å². The second-order valence-corrected chi connectivity index (χ2v) is 10.6. The van der Waals surface area contributed by atoms with Gasteiger partial charge in [-0.15, -0.1) is 0 Å². The Bertz CT molecular complexity index is 1500. The Kier molecular flexibility index (Phi) is 8.52. The van der Waals surface area contributed by atoms with E-state index in [1.54, 1.807) is 13.8 Å². The number of phosphoric acid groups is 1. The highest BCUT2D eigenvalue weighted by molar-refractivity contribution is 7.44. The molecule has 0 aliphatic carbocycles. The highest BCUT2D eigenvalue weighted by atomic mass is 31.2. The molecule has 1 amide bonds. The minimum Gasteiger partial charge on any atom is -0.756 e. The van der Waals surface area contributed by atoms with Crippen LogP contribution in [-0.2, 0) is 25.4 Å². The molecular weight excluding hydrogens is 554 g/mol. The fourth-order valence-corrected chi connectivity index (χ4v) is 4.75. The van der Waals surface area contributed by atoms with Gasteiger partial charge in [0.15, 0.2) is 35.6 Å². The van der Waals surface area contributed by atoms with Crippen molar-refractivity contribution in [2.45, 2.75) is 45.8 Å². The monoisotopic (exact) mass is 581 g/mol. The van der Waals surface area contributed by atoms with Crippen molar-refractivity contribution in [3.05, 3.63) is 89.0 Å². The maximum atomic E-state index is 15.1. The fourth-order valence-electron chi connectivity index (χ4n) is 4.48. The van der Waals surface area contributed by atoms with E-state index in [2.05, 4.69) is 4.52 Å². The van der Waals surface area contributed by atoms with Gasteiger partial charge >= 0.3 is 0 Å². The minimum atomic E-state index is -4.94. The predicted molar refractivity (Wildman–Crippen MR) is 133 cm³/mol. The van der Waals surface area contributed by atoms with E-state index in [-0.39, 0.29) is 29.1 Å². The number of aliphatic hydroxyl groups excluding tert-OH is 1. The molecule has 1 aromatic heterocycles. The first-order valence-electron chi connectivity index (χ1n) is 12.1. The van der Waals surface area contributed by atoms with E-state index in [0.717, 1.165) is 12.1 Å². The molecule has 214 valence electrons. The lowest BCUT2D eigenvalue weighted by molar-refractivity contribution is -0.731. The normalized spacial score (nSPS) is 19.8. The van der Waals surface area contributed by atoms with E-state index in [9.17, 15) is 28.1 Å². The summed E-state index contributed by atoms with van der Waals surface area (Å²) in [5.74, 6) is -3.60. The molecule has 0 saturated carbocycles. The summed E-state index contributed by atoms with van der Waals surface area (Å²) in [7, 11) is -4.94. The van der Waals surface area contributed by atoms with Gasteiger partial charge in [0.1, 0.15) is 18.0 Å². The molecule has 0 spiro atoms. The van der Waals surface area contributed by atoms with Gasteiger partial charge in [-0.25, -0.2) is 17.7 Å². The molecule has 2 aromatic carbocycles. The Morgan fingerprint density at radius 3 is 2.58 bits per heavy atom. The number of amides is 1. The smallest absolute Gasteiger partial charge is 0.289 e. The van der Waals surface area contributed by atoms with Crippen LogP contribution in [-0.4, -0.2) is 44.1 Å². The van der Waals surface area contributed by atoms with E-state index >= 15 is 4.39 Å². The number of carbonyl (C=O) groups is 1. The largest absolute Gasteiger partial charge is 0.756 e. The van der Waals surface area contributed by atoms with Crippen LogP contribution >= 0.6 is 7.82 Å². The van der Waals surface area contributed by atoms with Crippen LogP contribution in [0.1, 0.15) is 36.7 Å². The molecule has 1 fully saturated rings. The number of benzene rings is 2. The fraction of sp³-hybridized carbons (Fsp3) is 0.308. The van der Waals surface area contributed by atoms with Crippen LogP contribution in [0.5, 0.6) is 0 Å². The molecule has 4 atom stereocenters. The third-order valence-electron chi connectivity index (χ3n) is 6.28. The van der Waals surface area contributed by atoms with Crippen LogP contribution in [0.4, 0.5) is 13.2 Å². The number of ether oxygens (including phenoxy) is 1. The highest BCUT2D eigenvalue weighted by Crippen LogP contribution is 2.32. The average molecular weight is 581 g/mol. The molecule has 14 heteroatoms. The maximum Gasteiger partial charge on any atom is 0.289 e. The number of morpholine rings is 1. The Balaban J connectivity index is 1.60. The van der Waals surface area contributed by atoms with E-state index in [1.807, 2.05) is 0 Å². The molecule has 10 nitrogen and oxygen atoms in total. The maximum absolute atomic E-state index is 15.1. The molecule has 0 bridgehead atoms. The molecular formula is C26H27F3N3O7P. The van der Waals surface area contributed by atoms with Crippen molar-refractivity contribution in [2.75, 3.05) is 6.54 Å². The third-order valence-corrected chi connectivity index (χ3v) is 6.72. The van der Waals surface area contributed by atoms with Crippen molar-refractivity contribution in [1.82, 2.24) is 9.47 Å². The SMILES string of the molecule is Cc1cn(-c2ccc(C=C3O[C@@H](C)CN([C@H](c4ccc(F)c(F)c4)[C@@H](C)O)C3=O)cc2F)c[n+]1COP(=O)([O-])O. The van der Waals surface area contributed by atoms with Gasteiger partial charge in [-0.2, -0.15) is 4.57 Å². The lowest BCUT2D eigenvalue weighted by Crippen LogP contribution is -2.48. The molecule has 2 N–H and O–H groups in total. The van der Waals surface area contributed by atoms with E-state index in [1.165, 1.54) is 63.8 Å². The number of halogens is 3. The van der Waals surface area contributed by atoms with Crippen molar-refractivity contribution in [2.24, 2.45) is 0 Å². The van der Waals surface area contributed by atoms with Crippen molar-refractivity contribution in [3.63, 3.8) is 0 Å². The molecule has 1 saturated heterocycles. The summed E-state index contributed by atoms with van der Waals surface area (Å²) < 4.78 is 66.3. The molecule has 0 radical (unpaired) electrons. The summed E-state index contributed by atoms with van der Waals surface area (Å²) in [6.45, 7) is 4.31. The second kappa shape index (κ2) is 11.6. The van der Waals surface area contributed by atoms with Gasteiger partial charge in [0.05, 0.1) is 18.7 Å². The topological polar surface area (TPSA) is 128 Å². The van der Waals surface area contributed by atoms with Gasteiger partial charge in [-0.05, 0) is 55.3 Å². The number of hydrogen-bond donors (Lipinski definition) is 2. The standard InChI is InChI=1S/C26H27F3N3O7P/c1-15-11-30(13-31(15)14-38-40(35,36)37)23-7-4-18(8-22(23)29)9-24-26(34)32(12-16(2)39-24)25(17(3)33)19-5-6-20(27)21(28)10-19/h4-11,13,16-17,25,33H,12,14H2,1-3H3,(H-,35,36,37)/t16-,17+,25-/m0/s1. The van der Waals surface area contributed by atoms with Crippen LogP contribution in [0.25, 0.3) is 11.8 Å². The summed E-state index contributed by atoms with van der Waals surface area (Å²) in [6.07, 6.45) is 2.58. The Hall–Kier alpha value is -3.48. The summed E-state index contributed by atoms with van der Waals surface area (Å²) in [5, 5.41) is 10.5. The third kappa shape index (κ3) is 6.62. The van der Waals surface area contributed by atoms with Crippen LogP contribution in [0, 0.1) is 24.4 Å². The van der Waals surface area contributed by atoms with Gasteiger partial charge in [0, 0.05) is 6.92 Å². The van der Waals surface area contributed by atoms with Crippen LogP contribution < -0.4 is 9.46 Å². The summed E-state index contributed by atoms with van der Waals surface area (Å²) in [4.78, 5) is 34.4. The molecule has 2 heterocycles. The number of aromatic nitrogens is 2. The Labute approximate surface area is 227 Å². The number of phosphoric ester groups is 1. The molecule has 40 heavy (non-hydrogen) atoms. The number of hydrogen-bond acceptors (Lipinski definition) is 6. The van der Waals surface area contributed by atoms with Gasteiger partial charge < -0.3 is 24.5 Å². The first-order chi connectivity index (χ1) is 18.7. The lowest BCUT2D eigenvalue weighted by atomic mass is 9.98. The zero-order valence-corrected chi connectivity index (χ0v) is 22.6. The van der Waals surface area contributed by atoms with Crippen molar-refractivity contribution in [3.8, 4) is 5.69 Å². The van der Waals surface area contributed by atoms with Crippen molar-refractivity contribution >= 4 is 19.8 Å². The van der Waals surface area contributed by atoms with Gasteiger partial charge in [-0.3, -0.25) is 13.9 Å². The molecule has 1 aliphatic rings. The average Bonchev–Trinajstić information content (AvgIpc) is 3.22. The number of nitrogens with zero attached hydrogens (tertiary/aromatic N) is 3. The van der Waals surface area contributed by atoms with E-state index < -0.39 is 56.2 Å². The highest BCUT2D eigenvalue weighted by Gasteiger charge is 2.37. The van der Waals surface area contributed by atoms with Gasteiger partial charge in [-0.1, -0.05) is 12.1 Å². The predicted octanol–water partition coefficient (Wildman–Crippen LogP) is 2.64. The second-order valence-electron chi connectivity index (χ2n) is 9.45. The van der Waals surface area contributed by atoms with E-state index in [0.29, 0.717) is 5.69 Å². The van der Waals surface area contributed by atoms with Gasteiger partial charge in [0.25, 0.3) is 20.1 Å². The number of carbonyl (C=O) groups excluding carboxylic acids is 1. The molecule has 1 aliphatic heterocycles. The van der Waals surface area contributed by atoms with Crippen molar-refractivity contribution in [1.29, 1.82) is 0 Å². The van der Waals surface area contributed by atoms with Crippen LogP contribution in [0.3, 0.4) is 0 Å². The van der Waals surface area contributed by atoms with Crippen LogP contribution in [0.15, 0.2) is 54.7 Å². The molecule has 4 rings (SSSR count). The zero-order chi connectivity index (χ0) is 29.4. The van der Waals surface area contributed by atoms with Crippen LogP contribution in [0.2, 0.25) is 0 Å². The lowest BCUT2D eigenvalue weighted by Gasteiger charge is -2.39.